The normalized spacial score (nSPS) is 12.7. The number of nitrogens with zero attached hydrogens (tertiary/aromatic N) is 2. The Kier molecular flexibility index (Phi) is 10.8. The van der Waals surface area contributed by atoms with Crippen LogP contribution in [-0.4, -0.2) is 0 Å². The van der Waals surface area contributed by atoms with Crippen molar-refractivity contribution in [2.75, 3.05) is 9.80 Å². The summed E-state index contributed by atoms with van der Waals surface area (Å²) in [5.74, 6) is 2.19. The minimum absolute atomic E-state index is 0.691. The number of ether oxygens (including phenoxy) is 1. The third kappa shape index (κ3) is 7.42. The van der Waals surface area contributed by atoms with Gasteiger partial charge in [-0.3, -0.25) is 0 Å². The third-order valence-corrected chi connectivity index (χ3v) is 17.3. The maximum Gasteiger partial charge on any atom is 0.178 e. The molecule has 0 bridgehead atoms. The van der Waals surface area contributed by atoms with Crippen LogP contribution in [0.4, 0.5) is 34.1 Å². The van der Waals surface area contributed by atoms with Crippen LogP contribution in [0.1, 0.15) is 22.5 Å². The molecule has 5 nitrogen and oxygen atoms in total. The summed E-state index contributed by atoms with van der Waals surface area (Å²) in [7, 11) is 0. The van der Waals surface area contributed by atoms with Gasteiger partial charge in [-0.15, -0.1) is 0 Å². The molecule has 0 unspecified atom stereocenters. The van der Waals surface area contributed by atoms with Crippen molar-refractivity contribution in [1.29, 1.82) is 0 Å². The van der Waals surface area contributed by atoms with E-state index in [-0.39, 0.29) is 0 Å². The lowest BCUT2D eigenvalue weighted by Gasteiger charge is -2.37. The van der Waals surface area contributed by atoms with E-state index in [9.17, 15) is 0 Å². The third-order valence-electron chi connectivity index (χ3n) is 17.3. The summed E-state index contributed by atoms with van der Waals surface area (Å²) < 4.78 is 21.5. The van der Waals surface area contributed by atoms with Crippen LogP contribution in [0.5, 0.6) is 11.5 Å². The van der Waals surface area contributed by atoms with Gasteiger partial charge in [0.05, 0.1) is 5.39 Å². The average Bonchev–Trinajstić information content (AvgIpc) is 1.59. The number of fused-ring (bicyclic) bond motifs is 15. The van der Waals surface area contributed by atoms with Crippen molar-refractivity contribution in [1.82, 2.24) is 0 Å². The first kappa shape index (κ1) is 47.6. The summed E-state index contributed by atoms with van der Waals surface area (Å²) >= 11 is 0. The molecule has 0 fully saturated rings. The zero-order valence-corrected chi connectivity index (χ0v) is 45.5. The fourth-order valence-electron chi connectivity index (χ4n) is 13.5. The monoisotopic (exact) mass is 1070 g/mol. The Bertz CT molecular complexity index is 4910. The molecule has 0 atom stereocenters. The molecular formula is C79H50N2O3. The first-order chi connectivity index (χ1) is 41.6. The van der Waals surface area contributed by atoms with E-state index in [2.05, 4.69) is 301 Å². The van der Waals surface area contributed by atoms with Crippen molar-refractivity contribution in [3.63, 3.8) is 0 Å². The van der Waals surface area contributed by atoms with Gasteiger partial charge in [-0.25, -0.2) is 0 Å². The average molecular weight is 1080 g/mol. The number of hydrogen-bond donors (Lipinski definition) is 0. The van der Waals surface area contributed by atoms with Crippen molar-refractivity contribution in [3.05, 3.63) is 326 Å². The van der Waals surface area contributed by atoms with E-state index in [0.29, 0.717) is 5.75 Å². The van der Waals surface area contributed by atoms with Gasteiger partial charge in [0.25, 0.3) is 0 Å². The van der Waals surface area contributed by atoms with Crippen molar-refractivity contribution in [2.45, 2.75) is 5.41 Å². The molecule has 1 aliphatic heterocycles. The van der Waals surface area contributed by atoms with Crippen LogP contribution >= 0.6 is 0 Å². The number of benzene rings is 13. The first-order valence-electron chi connectivity index (χ1n) is 28.6. The summed E-state index contributed by atoms with van der Waals surface area (Å²) in [6.45, 7) is 0. The topological polar surface area (TPSA) is 42.0 Å². The van der Waals surface area contributed by atoms with Gasteiger partial charge in [0, 0.05) is 62.6 Å². The van der Waals surface area contributed by atoms with Gasteiger partial charge < -0.3 is 23.4 Å². The summed E-state index contributed by atoms with van der Waals surface area (Å²) in [4.78, 5) is 4.65. The Morgan fingerprint density at radius 3 is 1.40 bits per heavy atom. The maximum absolute atomic E-state index is 7.56. The Labute approximate surface area is 485 Å². The first-order valence-corrected chi connectivity index (χ1v) is 28.6. The zero-order valence-electron chi connectivity index (χ0n) is 45.5. The largest absolute Gasteiger partial charge is 0.456 e. The zero-order chi connectivity index (χ0) is 55.3. The molecule has 0 saturated carbocycles. The Morgan fingerprint density at radius 1 is 0.262 bits per heavy atom. The second-order valence-corrected chi connectivity index (χ2v) is 21.9. The highest BCUT2D eigenvalue weighted by atomic mass is 16.5. The lowest BCUT2D eigenvalue weighted by molar-refractivity contribution is 0.389. The van der Waals surface area contributed by atoms with Gasteiger partial charge in [0.2, 0.25) is 0 Å². The molecule has 5 heteroatoms. The van der Waals surface area contributed by atoms with Gasteiger partial charge in [0.15, 0.2) is 11.5 Å². The van der Waals surface area contributed by atoms with Crippen LogP contribution in [0.15, 0.2) is 312 Å². The van der Waals surface area contributed by atoms with Gasteiger partial charge in [-0.2, -0.15) is 0 Å². The van der Waals surface area contributed by atoms with Crippen molar-refractivity contribution in [2.24, 2.45) is 0 Å². The molecule has 1 spiro atoms. The molecule has 17 rings (SSSR count). The molecule has 0 saturated heterocycles. The second kappa shape index (κ2) is 19.0. The standard InChI is InChI=1S/C79H50N2O3/c1-3-16-51(17-4-1)53-30-36-57(37-31-53)80(58-38-32-54(33-39-58)52-18-5-2-6-19-52)60-44-47-74-69(48-60)77-78(84-74)79(70-27-12-9-23-65(70)66-24-10-13-28-71(66)79)72-46-43-62(50-76(72)83-77)81(61-42-45-68-67-25-11-14-29-73(67)82-75(68)49-61)59-40-34-56(35-41-59)64-26-15-21-55-20-7-8-22-63(55)64/h1-50H. The van der Waals surface area contributed by atoms with E-state index >= 15 is 0 Å². The minimum Gasteiger partial charge on any atom is -0.456 e. The SMILES string of the molecule is c1ccc(-c2ccc(N(c3ccc(-c4ccccc4)cc3)c3ccc4oc5c(c4c3)Oc3cc(N(c4ccc(-c6cccc7ccccc67)cc4)c4ccc6c(c4)oc4ccccc46)ccc3C53c4ccccc4-c4ccccc43)cc2)cc1. The summed E-state index contributed by atoms with van der Waals surface area (Å²) in [5, 5.41) is 5.47. The van der Waals surface area contributed by atoms with Crippen LogP contribution in [0.25, 0.3) is 88.2 Å². The Hall–Kier alpha value is -11.1. The smallest absolute Gasteiger partial charge is 0.178 e. The lowest BCUT2D eigenvalue weighted by atomic mass is 9.69. The van der Waals surface area contributed by atoms with Crippen LogP contribution in [0.3, 0.4) is 0 Å². The lowest BCUT2D eigenvalue weighted by Crippen LogP contribution is -2.31. The summed E-state index contributed by atoms with van der Waals surface area (Å²) in [6.07, 6.45) is 0. The molecule has 0 N–H and O–H groups in total. The number of para-hydroxylation sites is 1. The van der Waals surface area contributed by atoms with Crippen LogP contribution in [0.2, 0.25) is 0 Å². The molecule has 0 radical (unpaired) electrons. The minimum atomic E-state index is -0.855. The molecule has 0 amide bonds. The van der Waals surface area contributed by atoms with E-state index < -0.39 is 5.41 Å². The quantitative estimate of drug-likeness (QED) is 0.144. The van der Waals surface area contributed by atoms with E-state index in [1.54, 1.807) is 0 Å². The van der Waals surface area contributed by atoms with Gasteiger partial charge in [0.1, 0.15) is 27.9 Å². The Morgan fingerprint density at radius 2 is 0.726 bits per heavy atom. The molecule has 3 heterocycles. The molecule has 15 aromatic rings. The molecule has 2 aromatic heterocycles. The van der Waals surface area contributed by atoms with Crippen molar-refractivity contribution in [3.8, 4) is 56.0 Å². The molecule has 2 aliphatic rings. The van der Waals surface area contributed by atoms with E-state index in [4.69, 9.17) is 13.6 Å². The van der Waals surface area contributed by atoms with Crippen molar-refractivity contribution < 1.29 is 13.6 Å². The highest BCUT2D eigenvalue weighted by Gasteiger charge is 2.54. The molecular weight excluding hydrogens is 1020 g/mol. The fraction of sp³-hybridized carbons (Fsp3) is 0.0127. The summed E-state index contributed by atoms with van der Waals surface area (Å²) in [6, 6.07) is 109. The van der Waals surface area contributed by atoms with Crippen LogP contribution in [-0.2, 0) is 5.41 Å². The van der Waals surface area contributed by atoms with E-state index in [1.165, 1.54) is 38.6 Å². The molecule has 394 valence electrons. The molecule has 13 aromatic carbocycles. The number of rotatable bonds is 9. The van der Waals surface area contributed by atoms with Crippen LogP contribution in [0, 0.1) is 0 Å². The highest BCUT2D eigenvalue weighted by Crippen LogP contribution is 2.64. The molecule has 84 heavy (non-hydrogen) atoms. The van der Waals surface area contributed by atoms with E-state index in [1.807, 2.05) is 12.1 Å². The predicted molar refractivity (Wildman–Crippen MR) is 344 cm³/mol. The maximum atomic E-state index is 7.56. The second-order valence-electron chi connectivity index (χ2n) is 21.9. The van der Waals surface area contributed by atoms with Crippen LogP contribution < -0.4 is 14.5 Å². The predicted octanol–water partition coefficient (Wildman–Crippen LogP) is 21.9. The van der Waals surface area contributed by atoms with Gasteiger partial charge >= 0.3 is 0 Å². The van der Waals surface area contributed by atoms with Gasteiger partial charge in [-0.05, 0) is 145 Å². The van der Waals surface area contributed by atoms with Gasteiger partial charge in [-0.1, -0.05) is 212 Å². The van der Waals surface area contributed by atoms with Crippen molar-refractivity contribution >= 4 is 77.8 Å². The fourth-order valence-corrected chi connectivity index (χ4v) is 13.5. The number of anilines is 6. The Balaban J connectivity index is 0.855. The summed E-state index contributed by atoms with van der Waals surface area (Å²) in [5.41, 5.74) is 20.1. The number of hydrogen-bond acceptors (Lipinski definition) is 5. The van der Waals surface area contributed by atoms with E-state index in [0.717, 1.165) is 112 Å². The molecule has 1 aliphatic carbocycles. The highest BCUT2D eigenvalue weighted by molar-refractivity contribution is 6.06. The number of furan rings is 2.